The fourth-order valence-corrected chi connectivity index (χ4v) is 2.26. The van der Waals surface area contributed by atoms with Crippen LogP contribution in [0.3, 0.4) is 0 Å². The quantitative estimate of drug-likeness (QED) is 0.890. The highest BCUT2D eigenvalue weighted by molar-refractivity contribution is 5.90. The minimum atomic E-state index is -1.25. The van der Waals surface area contributed by atoms with Crippen LogP contribution >= 0.6 is 0 Å². The Kier molecular flexibility index (Phi) is 3.46. The van der Waals surface area contributed by atoms with Crippen LogP contribution in [0.4, 0.5) is 4.79 Å². The van der Waals surface area contributed by atoms with E-state index in [0.29, 0.717) is 6.42 Å². The highest BCUT2D eigenvalue weighted by Crippen LogP contribution is 2.51. The molecule has 0 saturated heterocycles. The van der Waals surface area contributed by atoms with Gasteiger partial charge in [0, 0.05) is 5.92 Å². The van der Waals surface area contributed by atoms with Crippen LogP contribution in [0.2, 0.25) is 0 Å². The largest absolute Gasteiger partial charge is 0.479 e. The van der Waals surface area contributed by atoms with Crippen LogP contribution in [0.1, 0.15) is 38.7 Å². The zero-order valence-corrected chi connectivity index (χ0v) is 11.8. The molecule has 1 aliphatic rings. The van der Waals surface area contributed by atoms with E-state index in [2.05, 4.69) is 5.32 Å². The predicted molar refractivity (Wildman–Crippen MR) is 73.5 cm³/mol. The number of benzene rings is 1. The van der Waals surface area contributed by atoms with Gasteiger partial charge >= 0.3 is 12.1 Å². The van der Waals surface area contributed by atoms with Crippen LogP contribution in [0, 0.1) is 0 Å². The standard InChI is InChI=1S/C15H19NO4/c1-14(2,3)20-13(19)16-15(12(17)18)9-11(15)10-7-5-4-6-8-10/h4-8,11H,9H2,1-3H3,(H,16,19)(H,17,18)/t11-,15-/m0/s1. The van der Waals surface area contributed by atoms with Crippen molar-refractivity contribution in [2.75, 3.05) is 0 Å². The van der Waals surface area contributed by atoms with E-state index in [1.807, 2.05) is 30.3 Å². The van der Waals surface area contributed by atoms with Gasteiger partial charge in [-0.15, -0.1) is 0 Å². The van der Waals surface area contributed by atoms with Crippen molar-refractivity contribution in [3.05, 3.63) is 35.9 Å². The lowest BCUT2D eigenvalue weighted by atomic mass is 10.1. The van der Waals surface area contributed by atoms with Crippen LogP contribution in [0.15, 0.2) is 30.3 Å². The van der Waals surface area contributed by atoms with Crippen molar-refractivity contribution in [1.82, 2.24) is 5.32 Å². The first kappa shape index (κ1) is 14.4. The molecular formula is C15H19NO4. The molecule has 20 heavy (non-hydrogen) atoms. The lowest BCUT2D eigenvalue weighted by molar-refractivity contribution is -0.140. The van der Waals surface area contributed by atoms with E-state index < -0.39 is 23.2 Å². The van der Waals surface area contributed by atoms with Gasteiger partial charge in [0.25, 0.3) is 0 Å². The van der Waals surface area contributed by atoms with Crippen LogP contribution in [0.25, 0.3) is 0 Å². The number of hydrogen-bond acceptors (Lipinski definition) is 3. The molecular weight excluding hydrogens is 258 g/mol. The highest BCUT2D eigenvalue weighted by Gasteiger charge is 2.62. The van der Waals surface area contributed by atoms with Crippen LogP contribution in [-0.2, 0) is 9.53 Å². The van der Waals surface area contributed by atoms with E-state index in [0.717, 1.165) is 5.56 Å². The second-order valence-electron chi connectivity index (χ2n) is 6.07. The summed E-state index contributed by atoms with van der Waals surface area (Å²) in [6, 6.07) is 9.31. The lowest BCUT2D eigenvalue weighted by Crippen LogP contribution is -2.46. The van der Waals surface area contributed by atoms with E-state index in [-0.39, 0.29) is 5.92 Å². The number of carbonyl (C=O) groups excluding carboxylic acids is 1. The van der Waals surface area contributed by atoms with Gasteiger partial charge in [-0.25, -0.2) is 9.59 Å². The second-order valence-corrected chi connectivity index (χ2v) is 6.07. The van der Waals surface area contributed by atoms with E-state index >= 15 is 0 Å². The number of aliphatic carboxylic acids is 1. The number of nitrogens with one attached hydrogen (secondary N) is 1. The maximum absolute atomic E-state index is 11.8. The summed E-state index contributed by atoms with van der Waals surface area (Å²) in [4.78, 5) is 23.3. The Morgan fingerprint density at radius 2 is 1.90 bits per heavy atom. The number of carboxylic acids is 1. The number of amides is 1. The Morgan fingerprint density at radius 3 is 2.40 bits per heavy atom. The number of rotatable bonds is 3. The molecule has 1 aromatic rings. The summed E-state index contributed by atoms with van der Waals surface area (Å²) in [7, 11) is 0. The Labute approximate surface area is 117 Å². The van der Waals surface area contributed by atoms with Gasteiger partial charge in [-0.3, -0.25) is 0 Å². The molecule has 5 nitrogen and oxygen atoms in total. The molecule has 0 aliphatic heterocycles. The first-order valence-electron chi connectivity index (χ1n) is 6.54. The Morgan fingerprint density at radius 1 is 1.30 bits per heavy atom. The van der Waals surface area contributed by atoms with Crippen molar-refractivity contribution in [2.45, 2.75) is 44.2 Å². The summed E-state index contributed by atoms with van der Waals surface area (Å²) in [6.07, 6.45) is -0.315. The average Bonchev–Trinajstić information content (AvgIpc) is 3.03. The van der Waals surface area contributed by atoms with Crippen LogP contribution in [-0.4, -0.2) is 28.3 Å². The number of alkyl carbamates (subject to hydrolysis) is 1. The fraction of sp³-hybridized carbons (Fsp3) is 0.467. The Hall–Kier alpha value is -2.04. The first-order valence-corrected chi connectivity index (χ1v) is 6.54. The molecule has 0 unspecified atom stereocenters. The zero-order chi connectivity index (χ0) is 15.0. The second kappa shape index (κ2) is 4.81. The minimum Gasteiger partial charge on any atom is -0.479 e. The monoisotopic (exact) mass is 277 g/mol. The summed E-state index contributed by atoms with van der Waals surface area (Å²) in [5, 5.41) is 11.9. The molecule has 2 N–H and O–H groups in total. The highest BCUT2D eigenvalue weighted by atomic mass is 16.6. The number of ether oxygens (including phenoxy) is 1. The third kappa shape index (κ3) is 2.92. The summed E-state index contributed by atoms with van der Waals surface area (Å²) in [5.74, 6) is -1.24. The van der Waals surface area contributed by atoms with Gasteiger partial charge < -0.3 is 15.2 Å². The van der Waals surface area contributed by atoms with Crippen molar-refractivity contribution >= 4 is 12.1 Å². The SMILES string of the molecule is CC(C)(C)OC(=O)N[C@@]1(C(=O)O)C[C@H]1c1ccccc1. The molecule has 0 spiro atoms. The predicted octanol–water partition coefficient (Wildman–Crippen LogP) is 2.52. The molecule has 0 heterocycles. The van der Waals surface area contributed by atoms with E-state index in [9.17, 15) is 14.7 Å². The third-order valence-electron chi connectivity index (χ3n) is 3.27. The summed E-state index contributed by atoms with van der Waals surface area (Å²) >= 11 is 0. The lowest BCUT2D eigenvalue weighted by Gasteiger charge is -2.22. The third-order valence-corrected chi connectivity index (χ3v) is 3.27. The summed E-state index contributed by atoms with van der Waals surface area (Å²) < 4.78 is 5.13. The first-order chi connectivity index (χ1) is 9.24. The van der Waals surface area contributed by atoms with Crippen LogP contribution in [0.5, 0.6) is 0 Å². The molecule has 0 radical (unpaired) electrons. The normalized spacial score (nSPS) is 24.9. The number of carbonyl (C=O) groups is 2. The molecule has 1 fully saturated rings. The zero-order valence-electron chi connectivity index (χ0n) is 11.8. The van der Waals surface area contributed by atoms with Gasteiger partial charge in [0.1, 0.15) is 11.1 Å². The fourth-order valence-electron chi connectivity index (χ4n) is 2.26. The topological polar surface area (TPSA) is 75.6 Å². The van der Waals surface area contributed by atoms with Crippen molar-refractivity contribution in [2.24, 2.45) is 0 Å². The van der Waals surface area contributed by atoms with E-state index in [4.69, 9.17) is 4.74 Å². The van der Waals surface area contributed by atoms with Crippen molar-refractivity contribution in [3.8, 4) is 0 Å². The van der Waals surface area contributed by atoms with Crippen molar-refractivity contribution in [1.29, 1.82) is 0 Å². The van der Waals surface area contributed by atoms with Gasteiger partial charge in [0.2, 0.25) is 0 Å². The molecule has 0 aromatic heterocycles. The smallest absolute Gasteiger partial charge is 0.408 e. The molecule has 1 saturated carbocycles. The van der Waals surface area contributed by atoms with Crippen molar-refractivity contribution in [3.63, 3.8) is 0 Å². The maximum atomic E-state index is 11.8. The van der Waals surface area contributed by atoms with Crippen LogP contribution < -0.4 is 5.32 Å². The molecule has 1 aliphatic carbocycles. The van der Waals surface area contributed by atoms with Gasteiger partial charge in [-0.2, -0.15) is 0 Å². The van der Waals surface area contributed by atoms with Gasteiger partial charge in [0.15, 0.2) is 0 Å². The number of hydrogen-bond donors (Lipinski definition) is 2. The maximum Gasteiger partial charge on any atom is 0.408 e. The van der Waals surface area contributed by atoms with Gasteiger partial charge in [-0.05, 0) is 32.8 Å². The Bertz CT molecular complexity index is 520. The van der Waals surface area contributed by atoms with E-state index in [1.165, 1.54) is 0 Å². The van der Waals surface area contributed by atoms with Gasteiger partial charge in [0.05, 0.1) is 0 Å². The van der Waals surface area contributed by atoms with E-state index in [1.54, 1.807) is 20.8 Å². The molecule has 2 atom stereocenters. The summed E-state index contributed by atoms with van der Waals surface area (Å²) in [6.45, 7) is 5.21. The molecule has 1 amide bonds. The average molecular weight is 277 g/mol. The molecule has 108 valence electrons. The molecule has 5 heteroatoms. The minimum absolute atomic E-state index is 0.214. The number of carboxylic acid groups (broad SMARTS) is 1. The Balaban J connectivity index is 2.11. The van der Waals surface area contributed by atoms with Gasteiger partial charge in [-0.1, -0.05) is 30.3 Å². The molecule has 0 bridgehead atoms. The molecule has 2 rings (SSSR count). The van der Waals surface area contributed by atoms with Crippen molar-refractivity contribution < 1.29 is 19.4 Å². The summed E-state index contributed by atoms with van der Waals surface area (Å²) in [5.41, 5.74) is -0.990. The molecule has 1 aromatic carbocycles.